The Hall–Kier alpha value is -0.120. The first kappa shape index (κ1) is 14.9. The number of hydrogen-bond donors (Lipinski definition) is 1. The lowest BCUT2D eigenvalue weighted by Gasteiger charge is -2.24. The minimum absolute atomic E-state index is 0.804. The second kappa shape index (κ2) is 9.86. The average molecular weight is 242 g/mol. The molecule has 0 aromatic carbocycles. The Morgan fingerprint density at radius 2 is 1.94 bits per heavy atom. The predicted octanol–water partition coefficient (Wildman–Crippen LogP) is 2.27. The van der Waals surface area contributed by atoms with Gasteiger partial charge in [-0.2, -0.15) is 0 Å². The number of nitrogens with one attached hydrogen (secondary N) is 1. The normalized spacial score (nSPS) is 17.8. The molecule has 0 aromatic rings. The van der Waals surface area contributed by atoms with Crippen molar-refractivity contribution in [3.8, 4) is 0 Å². The molecule has 0 aliphatic heterocycles. The molecule has 3 nitrogen and oxygen atoms in total. The van der Waals surface area contributed by atoms with Gasteiger partial charge >= 0.3 is 0 Å². The Labute approximate surface area is 107 Å². The molecule has 1 saturated carbocycles. The summed E-state index contributed by atoms with van der Waals surface area (Å²) in [5, 5.41) is 3.70. The zero-order valence-electron chi connectivity index (χ0n) is 11.7. The van der Waals surface area contributed by atoms with Crippen LogP contribution in [0.2, 0.25) is 0 Å². The van der Waals surface area contributed by atoms with Crippen molar-refractivity contribution in [2.24, 2.45) is 0 Å². The molecule has 1 aliphatic rings. The molecular formula is C14H30N2O. The second-order valence-electron chi connectivity index (χ2n) is 5.07. The maximum atomic E-state index is 5.12. The number of rotatable bonds is 9. The number of likely N-dealkylation sites (N-methyl/N-ethyl adjacent to an activating group) is 1. The summed E-state index contributed by atoms with van der Waals surface area (Å²) in [6.07, 6.45) is 8.33. The van der Waals surface area contributed by atoms with E-state index in [0.29, 0.717) is 0 Å². The summed E-state index contributed by atoms with van der Waals surface area (Å²) in [5.74, 6) is 0. The summed E-state index contributed by atoms with van der Waals surface area (Å²) < 4.78 is 5.12. The number of ether oxygens (including phenoxy) is 1. The van der Waals surface area contributed by atoms with E-state index in [0.717, 1.165) is 25.7 Å². The van der Waals surface area contributed by atoms with Crippen LogP contribution in [0, 0.1) is 0 Å². The van der Waals surface area contributed by atoms with Gasteiger partial charge in [0.2, 0.25) is 0 Å². The first-order valence-electron chi connectivity index (χ1n) is 7.31. The molecule has 1 rings (SSSR count). The highest BCUT2D eigenvalue weighted by Gasteiger charge is 2.11. The van der Waals surface area contributed by atoms with Gasteiger partial charge in [0.15, 0.2) is 0 Å². The zero-order chi connectivity index (χ0) is 12.3. The Bertz CT molecular complexity index is 170. The van der Waals surface area contributed by atoms with E-state index >= 15 is 0 Å². The van der Waals surface area contributed by atoms with Gasteiger partial charge in [0, 0.05) is 19.7 Å². The number of nitrogens with zero attached hydrogens (tertiary/aromatic N) is 1. The Morgan fingerprint density at radius 1 is 1.18 bits per heavy atom. The van der Waals surface area contributed by atoms with Crippen LogP contribution >= 0.6 is 0 Å². The molecule has 102 valence electrons. The molecule has 17 heavy (non-hydrogen) atoms. The maximum absolute atomic E-state index is 5.12. The van der Waals surface area contributed by atoms with Crippen molar-refractivity contribution in [3.63, 3.8) is 0 Å². The van der Waals surface area contributed by atoms with Gasteiger partial charge in [-0.3, -0.25) is 0 Å². The Balaban J connectivity index is 1.97. The standard InChI is InChI=1S/C14H30N2O/c1-3-16(12-13-17-2)11-7-10-15-14-8-5-4-6-9-14/h14-15H,3-13H2,1-2H3. The quantitative estimate of drug-likeness (QED) is 0.628. The van der Waals surface area contributed by atoms with Crippen LogP contribution in [-0.2, 0) is 4.74 Å². The number of methoxy groups -OCH3 is 1. The topological polar surface area (TPSA) is 24.5 Å². The first-order valence-corrected chi connectivity index (χ1v) is 7.31. The molecule has 0 aromatic heterocycles. The fourth-order valence-electron chi connectivity index (χ4n) is 2.56. The molecule has 1 fully saturated rings. The van der Waals surface area contributed by atoms with E-state index in [1.807, 2.05) is 0 Å². The molecule has 0 spiro atoms. The van der Waals surface area contributed by atoms with E-state index in [2.05, 4.69) is 17.1 Å². The van der Waals surface area contributed by atoms with Gasteiger partial charge < -0.3 is 15.0 Å². The van der Waals surface area contributed by atoms with Gasteiger partial charge in [0.1, 0.15) is 0 Å². The molecule has 1 aliphatic carbocycles. The highest BCUT2D eigenvalue weighted by Crippen LogP contribution is 2.17. The molecule has 3 heteroatoms. The van der Waals surface area contributed by atoms with E-state index in [1.165, 1.54) is 51.6 Å². The third-order valence-electron chi connectivity index (χ3n) is 3.75. The predicted molar refractivity (Wildman–Crippen MR) is 73.5 cm³/mol. The van der Waals surface area contributed by atoms with Crippen molar-refractivity contribution in [3.05, 3.63) is 0 Å². The summed E-state index contributed by atoms with van der Waals surface area (Å²) in [5.41, 5.74) is 0. The van der Waals surface area contributed by atoms with Gasteiger partial charge in [0.05, 0.1) is 6.61 Å². The van der Waals surface area contributed by atoms with Gasteiger partial charge in [0.25, 0.3) is 0 Å². The van der Waals surface area contributed by atoms with Crippen LogP contribution in [0.5, 0.6) is 0 Å². The minimum atomic E-state index is 0.804. The van der Waals surface area contributed by atoms with Crippen LogP contribution in [0.3, 0.4) is 0 Å². The monoisotopic (exact) mass is 242 g/mol. The van der Waals surface area contributed by atoms with Crippen molar-refractivity contribution in [2.45, 2.75) is 51.5 Å². The molecule has 0 bridgehead atoms. The molecule has 0 saturated heterocycles. The molecule has 0 amide bonds. The largest absolute Gasteiger partial charge is 0.383 e. The van der Waals surface area contributed by atoms with Gasteiger partial charge in [-0.05, 0) is 38.9 Å². The third-order valence-corrected chi connectivity index (χ3v) is 3.75. The summed E-state index contributed by atoms with van der Waals surface area (Å²) in [6.45, 7) is 7.64. The Morgan fingerprint density at radius 3 is 2.59 bits per heavy atom. The van der Waals surface area contributed by atoms with Crippen LogP contribution < -0.4 is 5.32 Å². The maximum Gasteiger partial charge on any atom is 0.0589 e. The van der Waals surface area contributed by atoms with Crippen molar-refractivity contribution in [1.29, 1.82) is 0 Å². The van der Waals surface area contributed by atoms with Crippen LogP contribution in [0.15, 0.2) is 0 Å². The third kappa shape index (κ3) is 7.02. The van der Waals surface area contributed by atoms with E-state index in [-0.39, 0.29) is 0 Å². The van der Waals surface area contributed by atoms with Crippen molar-refractivity contribution in [1.82, 2.24) is 10.2 Å². The fraction of sp³-hybridized carbons (Fsp3) is 1.00. The summed E-state index contributed by atoms with van der Waals surface area (Å²) in [6, 6.07) is 0.804. The summed E-state index contributed by atoms with van der Waals surface area (Å²) >= 11 is 0. The van der Waals surface area contributed by atoms with Crippen LogP contribution in [0.4, 0.5) is 0 Å². The molecule has 0 heterocycles. The van der Waals surface area contributed by atoms with E-state index in [9.17, 15) is 0 Å². The SMILES string of the molecule is CCN(CCCNC1CCCCC1)CCOC. The van der Waals surface area contributed by atoms with Gasteiger partial charge in [-0.25, -0.2) is 0 Å². The van der Waals surface area contributed by atoms with E-state index in [4.69, 9.17) is 4.74 Å². The first-order chi connectivity index (χ1) is 8.36. The van der Waals surface area contributed by atoms with Crippen molar-refractivity contribution >= 4 is 0 Å². The highest BCUT2D eigenvalue weighted by atomic mass is 16.5. The summed E-state index contributed by atoms with van der Waals surface area (Å²) in [7, 11) is 1.78. The van der Waals surface area contributed by atoms with E-state index < -0.39 is 0 Å². The lowest BCUT2D eigenvalue weighted by Crippen LogP contribution is -2.34. The smallest absolute Gasteiger partial charge is 0.0589 e. The van der Waals surface area contributed by atoms with Gasteiger partial charge in [-0.15, -0.1) is 0 Å². The zero-order valence-corrected chi connectivity index (χ0v) is 11.7. The molecule has 0 radical (unpaired) electrons. The molecule has 0 atom stereocenters. The second-order valence-corrected chi connectivity index (χ2v) is 5.07. The van der Waals surface area contributed by atoms with Crippen molar-refractivity contribution in [2.75, 3.05) is 39.9 Å². The van der Waals surface area contributed by atoms with Crippen molar-refractivity contribution < 1.29 is 4.74 Å². The highest BCUT2D eigenvalue weighted by molar-refractivity contribution is 4.71. The lowest BCUT2D eigenvalue weighted by atomic mass is 9.95. The van der Waals surface area contributed by atoms with Crippen LogP contribution in [-0.4, -0.2) is 50.8 Å². The minimum Gasteiger partial charge on any atom is -0.383 e. The molecular weight excluding hydrogens is 212 g/mol. The average Bonchev–Trinajstić information content (AvgIpc) is 2.39. The fourth-order valence-corrected chi connectivity index (χ4v) is 2.56. The van der Waals surface area contributed by atoms with E-state index in [1.54, 1.807) is 7.11 Å². The summed E-state index contributed by atoms with van der Waals surface area (Å²) in [4.78, 5) is 2.46. The van der Waals surface area contributed by atoms with Crippen LogP contribution in [0.25, 0.3) is 0 Å². The Kier molecular flexibility index (Phi) is 8.67. The van der Waals surface area contributed by atoms with Crippen LogP contribution in [0.1, 0.15) is 45.4 Å². The molecule has 0 unspecified atom stereocenters. The molecule has 1 N–H and O–H groups in total. The lowest BCUT2D eigenvalue weighted by molar-refractivity contribution is 0.149. The number of hydrogen-bond acceptors (Lipinski definition) is 3. The van der Waals surface area contributed by atoms with Gasteiger partial charge in [-0.1, -0.05) is 26.2 Å².